The van der Waals surface area contributed by atoms with Crippen LogP contribution in [-0.4, -0.2) is 48.9 Å². The number of hydrogen-bond donors (Lipinski definition) is 0. The molecule has 1 aliphatic heterocycles. The number of carbonyl (C=O) groups excluding carboxylic acids is 1. The van der Waals surface area contributed by atoms with E-state index in [-0.39, 0.29) is 17.9 Å². The molecule has 0 radical (unpaired) electrons. The van der Waals surface area contributed by atoms with Gasteiger partial charge in [0, 0.05) is 31.4 Å². The number of hydrogen-bond acceptors (Lipinski definition) is 6. The molecule has 0 N–H and O–H groups in total. The van der Waals surface area contributed by atoms with Crippen LogP contribution in [0.15, 0.2) is 24.8 Å². The molecular formula is C15H20N6O2. The van der Waals surface area contributed by atoms with Crippen molar-refractivity contribution in [3.63, 3.8) is 0 Å². The summed E-state index contributed by atoms with van der Waals surface area (Å²) in [5.74, 6) is 0.677. The lowest BCUT2D eigenvalue weighted by molar-refractivity contribution is -0.133. The third-order valence-corrected chi connectivity index (χ3v) is 3.81. The quantitative estimate of drug-likeness (QED) is 0.820. The highest BCUT2D eigenvalue weighted by Gasteiger charge is 2.29. The molecule has 23 heavy (non-hydrogen) atoms. The Hall–Kier alpha value is -2.51. The zero-order valence-corrected chi connectivity index (χ0v) is 13.3. The van der Waals surface area contributed by atoms with Crippen LogP contribution in [0.4, 0.5) is 0 Å². The van der Waals surface area contributed by atoms with E-state index >= 15 is 0 Å². The van der Waals surface area contributed by atoms with E-state index in [1.165, 1.54) is 0 Å². The van der Waals surface area contributed by atoms with Crippen LogP contribution in [0.3, 0.4) is 0 Å². The smallest absolute Gasteiger partial charge is 0.232 e. The summed E-state index contributed by atoms with van der Waals surface area (Å²) in [4.78, 5) is 21.9. The molecule has 1 unspecified atom stereocenters. The molecule has 0 aliphatic carbocycles. The molecule has 1 saturated heterocycles. The first kappa shape index (κ1) is 15.4. The summed E-state index contributed by atoms with van der Waals surface area (Å²) >= 11 is 0. The van der Waals surface area contributed by atoms with Gasteiger partial charge in [-0.25, -0.2) is 9.67 Å². The van der Waals surface area contributed by atoms with Gasteiger partial charge in [-0.15, -0.1) is 5.10 Å². The average Bonchev–Trinajstić information content (AvgIpc) is 3.22. The minimum Gasteiger partial charge on any atom is -0.470 e. The second-order valence-electron chi connectivity index (χ2n) is 5.90. The first-order valence-corrected chi connectivity index (χ1v) is 7.72. The second-order valence-corrected chi connectivity index (χ2v) is 5.90. The molecule has 0 spiro atoms. The lowest BCUT2D eigenvalue weighted by Gasteiger charge is -2.18. The highest BCUT2D eigenvalue weighted by Crippen LogP contribution is 2.22. The van der Waals surface area contributed by atoms with Gasteiger partial charge in [-0.3, -0.25) is 9.78 Å². The zero-order chi connectivity index (χ0) is 16.2. The molecular weight excluding hydrogens is 296 g/mol. The maximum atomic E-state index is 12.0. The topological polar surface area (TPSA) is 86.0 Å². The van der Waals surface area contributed by atoms with E-state index in [1.54, 1.807) is 18.6 Å². The summed E-state index contributed by atoms with van der Waals surface area (Å²) in [5.41, 5.74) is 0.726. The van der Waals surface area contributed by atoms with Crippen LogP contribution in [0.25, 0.3) is 0 Å². The highest BCUT2D eigenvalue weighted by atomic mass is 16.5. The normalized spacial score (nSPS) is 17.7. The van der Waals surface area contributed by atoms with Gasteiger partial charge in [0.25, 0.3) is 0 Å². The van der Waals surface area contributed by atoms with E-state index in [2.05, 4.69) is 20.3 Å². The Morgan fingerprint density at radius 3 is 3.04 bits per heavy atom. The Bertz CT molecular complexity index is 657. The average molecular weight is 316 g/mol. The van der Waals surface area contributed by atoms with E-state index < -0.39 is 0 Å². The Morgan fingerprint density at radius 1 is 1.43 bits per heavy atom. The molecule has 8 heteroatoms. The summed E-state index contributed by atoms with van der Waals surface area (Å²) in [6.45, 7) is 5.60. The molecule has 3 rings (SSSR count). The van der Waals surface area contributed by atoms with E-state index in [0.717, 1.165) is 18.7 Å². The molecule has 1 amide bonds. The number of rotatable bonds is 5. The van der Waals surface area contributed by atoms with Gasteiger partial charge in [-0.2, -0.15) is 0 Å². The largest absolute Gasteiger partial charge is 0.470 e. The first-order valence-electron chi connectivity index (χ1n) is 7.72. The van der Waals surface area contributed by atoms with Crippen LogP contribution >= 0.6 is 0 Å². The fourth-order valence-corrected chi connectivity index (χ4v) is 2.59. The SMILES string of the molecule is CC(C)C(=O)N1CCC(n2cc(COc3cnccn3)nn2)C1. The lowest BCUT2D eigenvalue weighted by atomic mass is 10.2. The minimum absolute atomic E-state index is 0.0282. The van der Waals surface area contributed by atoms with Crippen molar-refractivity contribution in [3.8, 4) is 5.88 Å². The predicted molar refractivity (Wildman–Crippen MR) is 81.5 cm³/mol. The van der Waals surface area contributed by atoms with Gasteiger partial charge in [0.05, 0.1) is 18.4 Å². The lowest BCUT2D eigenvalue weighted by Crippen LogP contribution is -2.32. The van der Waals surface area contributed by atoms with Crippen LogP contribution < -0.4 is 4.74 Å². The van der Waals surface area contributed by atoms with Crippen LogP contribution in [-0.2, 0) is 11.4 Å². The number of amides is 1. The predicted octanol–water partition coefficient (Wildman–Crippen LogP) is 1.08. The summed E-state index contributed by atoms with van der Waals surface area (Å²) < 4.78 is 7.33. The standard InChI is InChI=1S/C15H20N6O2/c1-11(2)15(22)20-6-3-13(9-20)21-8-12(18-19-21)10-23-14-7-16-4-5-17-14/h4-5,7-8,11,13H,3,6,9-10H2,1-2H3. The first-order chi connectivity index (χ1) is 11.1. The van der Waals surface area contributed by atoms with E-state index in [9.17, 15) is 4.79 Å². The maximum Gasteiger partial charge on any atom is 0.232 e. The summed E-state index contributed by atoms with van der Waals surface area (Å²) in [5, 5.41) is 8.28. The summed E-state index contributed by atoms with van der Waals surface area (Å²) in [6.07, 6.45) is 7.48. The molecule has 2 aromatic heterocycles. The minimum atomic E-state index is 0.0282. The monoisotopic (exact) mass is 316 g/mol. The molecule has 0 bridgehead atoms. The number of ether oxygens (including phenoxy) is 1. The van der Waals surface area contributed by atoms with Crippen LogP contribution in [0.1, 0.15) is 32.0 Å². The van der Waals surface area contributed by atoms with Crippen LogP contribution in [0, 0.1) is 5.92 Å². The molecule has 0 saturated carbocycles. The van der Waals surface area contributed by atoms with Crippen molar-refractivity contribution in [3.05, 3.63) is 30.5 Å². The van der Waals surface area contributed by atoms with Gasteiger partial charge in [0.1, 0.15) is 12.3 Å². The molecule has 1 fully saturated rings. The van der Waals surface area contributed by atoms with Gasteiger partial charge in [-0.05, 0) is 6.42 Å². The fourth-order valence-electron chi connectivity index (χ4n) is 2.59. The zero-order valence-electron chi connectivity index (χ0n) is 13.3. The van der Waals surface area contributed by atoms with E-state index in [4.69, 9.17) is 4.74 Å². The number of likely N-dealkylation sites (tertiary alicyclic amines) is 1. The maximum absolute atomic E-state index is 12.0. The Morgan fingerprint density at radius 2 is 2.30 bits per heavy atom. The number of aromatic nitrogens is 5. The molecule has 8 nitrogen and oxygen atoms in total. The third-order valence-electron chi connectivity index (χ3n) is 3.81. The fraction of sp³-hybridized carbons (Fsp3) is 0.533. The molecule has 122 valence electrons. The van der Waals surface area contributed by atoms with Crippen LogP contribution in [0.5, 0.6) is 5.88 Å². The number of carbonyl (C=O) groups is 1. The van der Waals surface area contributed by atoms with Crippen molar-refractivity contribution >= 4 is 5.91 Å². The van der Waals surface area contributed by atoms with Crippen LogP contribution in [0.2, 0.25) is 0 Å². The summed E-state index contributed by atoms with van der Waals surface area (Å²) in [7, 11) is 0. The van der Waals surface area contributed by atoms with Crippen molar-refractivity contribution < 1.29 is 9.53 Å². The number of nitrogens with zero attached hydrogens (tertiary/aromatic N) is 6. The molecule has 2 aromatic rings. The molecule has 0 aromatic carbocycles. The molecule has 3 heterocycles. The Kier molecular flexibility index (Phi) is 4.50. The van der Waals surface area contributed by atoms with Crippen molar-refractivity contribution in [2.24, 2.45) is 5.92 Å². The second kappa shape index (κ2) is 6.72. The van der Waals surface area contributed by atoms with E-state index in [1.807, 2.05) is 29.6 Å². The Labute approximate surface area is 134 Å². The third kappa shape index (κ3) is 3.64. The van der Waals surface area contributed by atoms with E-state index in [0.29, 0.717) is 19.0 Å². The van der Waals surface area contributed by atoms with Gasteiger partial charge in [0.15, 0.2) is 0 Å². The molecule has 1 atom stereocenters. The van der Waals surface area contributed by atoms with Crippen molar-refractivity contribution in [1.29, 1.82) is 0 Å². The van der Waals surface area contributed by atoms with Crippen molar-refractivity contribution in [2.45, 2.75) is 32.9 Å². The van der Waals surface area contributed by atoms with Crippen molar-refractivity contribution in [1.82, 2.24) is 29.9 Å². The Balaban J connectivity index is 1.56. The van der Waals surface area contributed by atoms with Gasteiger partial charge >= 0.3 is 0 Å². The van der Waals surface area contributed by atoms with Gasteiger partial charge in [-0.1, -0.05) is 19.1 Å². The van der Waals surface area contributed by atoms with Gasteiger partial charge < -0.3 is 9.64 Å². The highest BCUT2D eigenvalue weighted by molar-refractivity contribution is 5.78. The molecule has 1 aliphatic rings. The van der Waals surface area contributed by atoms with Crippen molar-refractivity contribution in [2.75, 3.05) is 13.1 Å². The summed E-state index contributed by atoms with van der Waals surface area (Å²) in [6, 6.07) is 0.176. The van der Waals surface area contributed by atoms with Gasteiger partial charge in [0.2, 0.25) is 11.8 Å².